The zero-order valence-corrected chi connectivity index (χ0v) is 18.9. The predicted octanol–water partition coefficient (Wildman–Crippen LogP) is 2.74. The SMILES string of the molecule is CN(C)CCCN1C(=O)C(=O)/C(=C(\O)c2ccc3c(c2)OCCO3)C1c1cccc([N+](=O)[O-])c1. The molecule has 1 N–H and O–H groups in total. The number of non-ortho nitro benzene ring substituents is 1. The van der Waals surface area contributed by atoms with E-state index >= 15 is 0 Å². The molecule has 10 nitrogen and oxygen atoms in total. The average molecular weight is 467 g/mol. The van der Waals surface area contributed by atoms with Gasteiger partial charge in [0.05, 0.1) is 16.5 Å². The number of hydrogen-bond acceptors (Lipinski definition) is 8. The molecule has 2 heterocycles. The molecule has 1 amide bonds. The van der Waals surface area contributed by atoms with E-state index in [1.165, 1.54) is 23.1 Å². The van der Waals surface area contributed by atoms with Gasteiger partial charge >= 0.3 is 0 Å². The normalized spacial score (nSPS) is 19.0. The number of fused-ring (bicyclic) bond motifs is 1. The van der Waals surface area contributed by atoms with Gasteiger partial charge in [-0.1, -0.05) is 12.1 Å². The maximum Gasteiger partial charge on any atom is 0.295 e. The first-order valence-electron chi connectivity index (χ1n) is 10.9. The Labute approximate surface area is 196 Å². The van der Waals surface area contributed by atoms with Crippen LogP contribution < -0.4 is 9.47 Å². The lowest BCUT2D eigenvalue weighted by Crippen LogP contribution is -2.32. The molecular weight excluding hydrogens is 442 g/mol. The number of likely N-dealkylation sites (tertiary alicyclic amines) is 1. The Bertz CT molecular complexity index is 1170. The van der Waals surface area contributed by atoms with Crippen molar-refractivity contribution in [3.8, 4) is 11.5 Å². The van der Waals surface area contributed by atoms with Gasteiger partial charge in [0, 0.05) is 24.2 Å². The minimum atomic E-state index is -0.963. The zero-order valence-electron chi connectivity index (χ0n) is 18.9. The molecule has 34 heavy (non-hydrogen) atoms. The molecule has 1 atom stereocenters. The number of Topliss-reactive ketones (excluding diaryl/α,β-unsaturated/α-hetero) is 1. The fourth-order valence-corrected chi connectivity index (χ4v) is 4.17. The third kappa shape index (κ3) is 4.44. The van der Waals surface area contributed by atoms with Gasteiger partial charge in [0.25, 0.3) is 17.4 Å². The van der Waals surface area contributed by atoms with Crippen LogP contribution in [0, 0.1) is 10.1 Å². The molecule has 2 aliphatic heterocycles. The van der Waals surface area contributed by atoms with Crippen molar-refractivity contribution in [3.63, 3.8) is 0 Å². The van der Waals surface area contributed by atoms with Crippen molar-refractivity contribution in [1.29, 1.82) is 0 Å². The number of carbonyl (C=O) groups is 2. The highest BCUT2D eigenvalue weighted by molar-refractivity contribution is 6.46. The molecule has 2 aromatic rings. The molecule has 1 saturated heterocycles. The van der Waals surface area contributed by atoms with Crippen LogP contribution in [0.2, 0.25) is 0 Å². The van der Waals surface area contributed by atoms with E-state index in [1.807, 2.05) is 19.0 Å². The van der Waals surface area contributed by atoms with Crippen LogP contribution in [0.4, 0.5) is 5.69 Å². The minimum absolute atomic E-state index is 0.118. The first-order valence-corrected chi connectivity index (χ1v) is 10.9. The predicted molar refractivity (Wildman–Crippen MR) is 123 cm³/mol. The standard InChI is InChI=1S/C24H25N3O7/c1-25(2)9-4-10-26-21(15-5-3-6-17(13-15)27(31)32)20(23(29)24(26)30)22(28)16-7-8-18-19(14-16)34-12-11-33-18/h3,5-8,13-14,21,28H,4,9-12H2,1-2H3/b22-20-. The van der Waals surface area contributed by atoms with Crippen LogP contribution in [0.3, 0.4) is 0 Å². The number of ketones is 1. The van der Waals surface area contributed by atoms with Gasteiger partial charge in [-0.25, -0.2) is 0 Å². The molecule has 0 bridgehead atoms. The third-order valence-electron chi connectivity index (χ3n) is 5.76. The van der Waals surface area contributed by atoms with Gasteiger partial charge in [-0.05, 0) is 50.8 Å². The number of rotatable bonds is 7. The number of nitro groups is 1. The number of carbonyl (C=O) groups excluding carboxylic acids is 2. The van der Waals surface area contributed by atoms with E-state index in [9.17, 15) is 24.8 Å². The number of aliphatic hydroxyl groups is 1. The molecule has 2 aromatic carbocycles. The van der Waals surface area contributed by atoms with Crippen molar-refractivity contribution in [2.24, 2.45) is 0 Å². The Morgan fingerprint density at radius 2 is 1.88 bits per heavy atom. The Hall–Kier alpha value is -3.92. The van der Waals surface area contributed by atoms with Gasteiger partial charge in [-0.2, -0.15) is 0 Å². The van der Waals surface area contributed by atoms with E-state index in [4.69, 9.17) is 9.47 Å². The van der Waals surface area contributed by atoms with Crippen LogP contribution >= 0.6 is 0 Å². The average Bonchev–Trinajstić information content (AvgIpc) is 3.08. The van der Waals surface area contributed by atoms with Crippen LogP contribution in [0.1, 0.15) is 23.6 Å². The van der Waals surface area contributed by atoms with Gasteiger partial charge in [0.2, 0.25) is 0 Å². The number of benzene rings is 2. The van der Waals surface area contributed by atoms with Crippen LogP contribution in [0.25, 0.3) is 5.76 Å². The molecule has 178 valence electrons. The fraction of sp³-hybridized carbons (Fsp3) is 0.333. The molecule has 2 aliphatic rings. The van der Waals surface area contributed by atoms with Gasteiger partial charge in [0.1, 0.15) is 19.0 Å². The second-order valence-corrected chi connectivity index (χ2v) is 8.36. The molecule has 0 aliphatic carbocycles. The first-order chi connectivity index (χ1) is 16.3. The zero-order chi connectivity index (χ0) is 24.4. The highest BCUT2D eigenvalue weighted by Gasteiger charge is 2.46. The summed E-state index contributed by atoms with van der Waals surface area (Å²) in [6.07, 6.45) is 0.579. The number of hydrogen-bond donors (Lipinski definition) is 1. The molecule has 0 saturated carbocycles. The highest BCUT2D eigenvalue weighted by atomic mass is 16.6. The Balaban J connectivity index is 1.81. The van der Waals surface area contributed by atoms with E-state index in [1.54, 1.807) is 24.3 Å². The van der Waals surface area contributed by atoms with E-state index in [-0.39, 0.29) is 29.1 Å². The lowest BCUT2D eigenvalue weighted by molar-refractivity contribution is -0.384. The Morgan fingerprint density at radius 1 is 1.15 bits per heavy atom. The van der Waals surface area contributed by atoms with Crippen LogP contribution in [0.5, 0.6) is 11.5 Å². The van der Waals surface area contributed by atoms with Gasteiger partial charge < -0.3 is 24.4 Å². The van der Waals surface area contributed by atoms with Gasteiger partial charge in [-0.3, -0.25) is 19.7 Å². The molecule has 0 aromatic heterocycles. The van der Waals surface area contributed by atoms with Crippen molar-refractivity contribution in [3.05, 3.63) is 69.3 Å². The lowest BCUT2D eigenvalue weighted by Gasteiger charge is -2.26. The van der Waals surface area contributed by atoms with Crippen LogP contribution in [-0.4, -0.2) is 71.9 Å². The second kappa shape index (κ2) is 9.52. The van der Waals surface area contributed by atoms with E-state index in [0.29, 0.717) is 43.2 Å². The number of ether oxygens (including phenoxy) is 2. The molecule has 1 fully saturated rings. The van der Waals surface area contributed by atoms with Crippen molar-refractivity contribution in [1.82, 2.24) is 9.80 Å². The van der Waals surface area contributed by atoms with E-state index in [0.717, 1.165) is 0 Å². The summed E-state index contributed by atoms with van der Waals surface area (Å²) in [6.45, 7) is 1.67. The second-order valence-electron chi connectivity index (χ2n) is 8.36. The number of nitrogens with zero attached hydrogens (tertiary/aromatic N) is 3. The Kier molecular flexibility index (Phi) is 6.51. The maximum absolute atomic E-state index is 13.1. The number of aliphatic hydroxyl groups excluding tert-OH is 1. The van der Waals surface area contributed by atoms with Crippen molar-refractivity contribution in [2.45, 2.75) is 12.5 Å². The number of nitro benzene ring substituents is 1. The van der Waals surface area contributed by atoms with Crippen molar-refractivity contribution in [2.75, 3.05) is 40.4 Å². The monoisotopic (exact) mass is 467 g/mol. The topological polar surface area (TPSA) is 122 Å². The van der Waals surface area contributed by atoms with Gasteiger partial charge in [-0.15, -0.1) is 0 Å². The number of amides is 1. The molecular formula is C24H25N3O7. The summed E-state index contributed by atoms with van der Waals surface area (Å²) in [5.74, 6) is -1.03. The Morgan fingerprint density at radius 3 is 2.59 bits per heavy atom. The summed E-state index contributed by atoms with van der Waals surface area (Å²) < 4.78 is 11.1. The van der Waals surface area contributed by atoms with Crippen LogP contribution in [-0.2, 0) is 9.59 Å². The maximum atomic E-state index is 13.1. The summed E-state index contributed by atoms with van der Waals surface area (Å²) in [7, 11) is 3.79. The van der Waals surface area contributed by atoms with E-state index in [2.05, 4.69) is 0 Å². The quantitative estimate of drug-likeness (QED) is 0.217. The molecule has 0 spiro atoms. The molecule has 1 unspecified atom stereocenters. The first kappa shape index (κ1) is 23.2. The fourth-order valence-electron chi connectivity index (χ4n) is 4.17. The molecule has 10 heteroatoms. The summed E-state index contributed by atoms with van der Waals surface area (Å²) in [5.41, 5.74) is 0.367. The highest BCUT2D eigenvalue weighted by Crippen LogP contribution is 2.41. The summed E-state index contributed by atoms with van der Waals surface area (Å²) in [6, 6.07) is 9.56. The summed E-state index contributed by atoms with van der Waals surface area (Å²) >= 11 is 0. The van der Waals surface area contributed by atoms with E-state index < -0.39 is 22.7 Å². The van der Waals surface area contributed by atoms with Crippen LogP contribution in [0.15, 0.2) is 48.0 Å². The lowest BCUT2D eigenvalue weighted by atomic mass is 9.94. The van der Waals surface area contributed by atoms with Crippen molar-refractivity contribution >= 4 is 23.1 Å². The molecule has 4 rings (SSSR count). The summed E-state index contributed by atoms with van der Waals surface area (Å²) in [5, 5.41) is 22.6. The van der Waals surface area contributed by atoms with Crippen molar-refractivity contribution < 1.29 is 29.1 Å². The molecule has 0 radical (unpaired) electrons. The van der Waals surface area contributed by atoms with Gasteiger partial charge in [0.15, 0.2) is 11.5 Å². The minimum Gasteiger partial charge on any atom is -0.507 e. The summed E-state index contributed by atoms with van der Waals surface area (Å²) in [4.78, 5) is 40.3. The smallest absolute Gasteiger partial charge is 0.295 e. The largest absolute Gasteiger partial charge is 0.507 e. The third-order valence-corrected chi connectivity index (χ3v) is 5.76.